The molecule has 1 aromatic heterocycles. The van der Waals surface area contributed by atoms with Crippen LogP contribution in [0.5, 0.6) is 0 Å². The van der Waals surface area contributed by atoms with E-state index in [1.54, 1.807) is 0 Å². The fourth-order valence-electron chi connectivity index (χ4n) is 0.952. The topological polar surface area (TPSA) is 162 Å². The van der Waals surface area contributed by atoms with Crippen LogP contribution in [0.25, 0.3) is 0 Å². The molecule has 5 N–H and O–H groups in total. The summed E-state index contributed by atoms with van der Waals surface area (Å²) >= 11 is 0. The van der Waals surface area contributed by atoms with E-state index in [0.29, 0.717) is 0 Å². The second kappa shape index (κ2) is 5.77. The number of carbonyl (C=O) groups is 1. The van der Waals surface area contributed by atoms with Crippen LogP contribution in [0.4, 0.5) is 0 Å². The molecular weight excluding hydrogens is 236 g/mol. The maximum atomic E-state index is 10.5. The van der Waals surface area contributed by atoms with Crippen LogP contribution in [0.1, 0.15) is 0 Å². The molecule has 0 saturated carbocycles. The summed E-state index contributed by atoms with van der Waals surface area (Å²) in [7, 11) is 0. The van der Waals surface area contributed by atoms with Gasteiger partial charge in [0, 0.05) is 0 Å². The quantitative estimate of drug-likeness (QED) is 0.364. The van der Waals surface area contributed by atoms with E-state index in [4.69, 9.17) is 20.4 Å². The summed E-state index contributed by atoms with van der Waals surface area (Å²) in [6.07, 6.45) is -1.44. The maximum Gasteiger partial charge on any atom is 0.377 e. The van der Waals surface area contributed by atoms with Crippen molar-refractivity contribution in [2.24, 2.45) is 0 Å². The molecule has 0 radical (unpaired) electrons. The predicted molar refractivity (Wildman–Crippen MR) is 49.4 cm³/mol. The number of tetrazole rings is 1. The first-order valence-corrected chi connectivity index (χ1v) is 4.36. The number of nitrogens with one attached hydrogen (secondary N) is 1. The lowest BCUT2D eigenvalue weighted by atomic mass is 10.2. The van der Waals surface area contributed by atoms with E-state index < -0.39 is 36.3 Å². The van der Waals surface area contributed by atoms with E-state index in [2.05, 4.69) is 25.4 Å². The third-order valence-corrected chi connectivity index (χ3v) is 1.75. The summed E-state index contributed by atoms with van der Waals surface area (Å²) in [4.78, 5) is 10.5. The van der Waals surface area contributed by atoms with Crippen molar-refractivity contribution < 1.29 is 30.0 Å². The van der Waals surface area contributed by atoms with Crippen molar-refractivity contribution >= 4 is 5.97 Å². The number of rotatable bonds is 2. The molecule has 17 heavy (non-hydrogen) atoms. The van der Waals surface area contributed by atoms with Gasteiger partial charge in [0.15, 0.2) is 18.2 Å². The van der Waals surface area contributed by atoms with Crippen molar-refractivity contribution in [2.45, 2.75) is 12.2 Å². The normalized spacial score (nSPS) is 20.6. The zero-order chi connectivity index (χ0) is 12.8. The number of aliphatic hydroxyl groups is 4. The number of hydrogen-bond acceptors (Lipinski definition) is 9. The van der Waals surface area contributed by atoms with Gasteiger partial charge in [-0.15, -0.1) is 10.2 Å². The molecule has 10 nitrogen and oxygen atoms in total. The van der Waals surface area contributed by atoms with Crippen molar-refractivity contribution in [3.63, 3.8) is 0 Å². The molecule has 0 fully saturated rings. The fraction of sp³-hybridized carbons (Fsp3) is 0.429. The van der Waals surface area contributed by atoms with Gasteiger partial charge < -0.3 is 25.2 Å². The molecule has 10 heteroatoms. The number of esters is 1. The number of aromatic nitrogens is 4. The highest BCUT2D eigenvalue weighted by atomic mass is 16.6. The third kappa shape index (κ3) is 3.12. The summed E-state index contributed by atoms with van der Waals surface area (Å²) < 4.78 is 4.32. The van der Waals surface area contributed by atoms with Crippen LogP contribution < -0.4 is 0 Å². The van der Waals surface area contributed by atoms with Crippen molar-refractivity contribution in [1.29, 1.82) is 0 Å². The molecule has 0 bridgehead atoms. The van der Waals surface area contributed by atoms with Crippen molar-refractivity contribution in [3.05, 3.63) is 17.8 Å². The van der Waals surface area contributed by atoms with Crippen LogP contribution >= 0.6 is 0 Å². The van der Waals surface area contributed by atoms with Crippen molar-refractivity contribution in [3.8, 4) is 0 Å². The second-order valence-electron chi connectivity index (χ2n) is 2.87. The lowest BCUT2D eigenvalue weighted by Crippen LogP contribution is -2.31. The molecule has 1 aromatic rings. The number of hydrogen-bond donors (Lipinski definition) is 5. The van der Waals surface area contributed by atoms with E-state index in [-0.39, 0.29) is 0 Å². The van der Waals surface area contributed by atoms with Gasteiger partial charge in [-0.3, -0.25) is 0 Å². The van der Waals surface area contributed by atoms with Gasteiger partial charge in [-0.2, -0.15) is 5.21 Å². The summed E-state index contributed by atoms with van der Waals surface area (Å²) in [6.45, 7) is -0.671. The van der Waals surface area contributed by atoms with E-state index in [1.165, 1.54) is 6.33 Å². The highest BCUT2D eigenvalue weighted by Gasteiger charge is 2.38. The first-order chi connectivity index (χ1) is 8.07. The lowest BCUT2D eigenvalue weighted by Gasteiger charge is -2.13. The minimum Gasteiger partial charge on any atom is -0.505 e. The zero-order valence-corrected chi connectivity index (χ0v) is 8.39. The van der Waals surface area contributed by atoms with E-state index in [1.807, 2.05) is 0 Å². The van der Waals surface area contributed by atoms with Gasteiger partial charge >= 0.3 is 5.97 Å². The minimum atomic E-state index is -1.42. The minimum absolute atomic E-state index is 0.671. The predicted octanol–water partition coefficient (Wildman–Crippen LogP) is -2.21. The van der Waals surface area contributed by atoms with Crippen LogP contribution in [-0.4, -0.2) is 65.8 Å². The number of nitrogens with zero attached hydrogens (tertiary/aromatic N) is 3. The first kappa shape index (κ1) is 12.9. The number of aliphatic hydroxyl groups excluding tert-OH is 4. The molecule has 0 aromatic carbocycles. The van der Waals surface area contributed by atoms with Crippen LogP contribution in [0.2, 0.25) is 0 Å². The Kier molecular flexibility index (Phi) is 4.37. The highest BCUT2D eigenvalue weighted by molar-refractivity contribution is 5.89. The Morgan fingerprint density at radius 3 is 2.53 bits per heavy atom. The zero-order valence-electron chi connectivity index (χ0n) is 8.39. The van der Waals surface area contributed by atoms with Gasteiger partial charge in [0.1, 0.15) is 6.10 Å². The molecule has 2 atom stereocenters. The van der Waals surface area contributed by atoms with Gasteiger partial charge in [-0.25, -0.2) is 4.79 Å². The third-order valence-electron chi connectivity index (χ3n) is 1.75. The number of cyclic esters (lactones) is 1. The Morgan fingerprint density at radius 2 is 2.24 bits per heavy atom. The molecular formula is C7H10N4O6. The molecule has 94 valence electrons. The molecule has 0 unspecified atom stereocenters. The van der Waals surface area contributed by atoms with Crippen LogP contribution in [0.3, 0.4) is 0 Å². The van der Waals surface area contributed by atoms with Gasteiger partial charge in [0.2, 0.25) is 5.76 Å². The number of H-pyrrole nitrogens is 1. The molecule has 0 spiro atoms. The molecule has 0 saturated heterocycles. The molecule has 1 aliphatic heterocycles. The van der Waals surface area contributed by atoms with Crippen LogP contribution in [0, 0.1) is 0 Å². The first-order valence-electron chi connectivity index (χ1n) is 4.36. The van der Waals surface area contributed by atoms with Gasteiger partial charge in [0.05, 0.1) is 6.61 Å². The standard InChI is InChI=1S/C6H8O6.CH2N4/c7-1-2(8)5-3(9)4(10)6(11)12-5;1-2-4-5-3-1/h2,5,7-10H,1H2;1H,(H,2,3,4,5)/t2-,5+;/m0./s1. The van der Waals surface area contributed by atoms with Crippen LogP contribution in [0.15, 0.2) is 17.8 Å². The summed E-state index contributed by atoms with van der Waals surface area (Å²) in [6, 6.07) is 0. The van der Waals surface area contributed by atoms with Crippen LogP contribution in [-0.2, 0) is 9.53 Å². The maximum absolute atomic E-state index is 10.5. The van der Waals surface area contributed by atoms with Crippen molar-refractivity contribution in [2.75, 3.05) is 6.61 Å². The molecule has 0 amide bonds. The second-order valence-corrected chi connectivity index (χ2v) is 2.87. The Hall–Kier alpha value is -2.20. The Balaban J connectivity index is 0.000000239. The van der Waals surface area contributed by atoms with E-state index in [9.17, 15) is 4.79 Å². The lowest BCUT2D eigenvalue weighted by molar-refractivity contribution is -0.147. The molecule has 2 rings (SSSR count). The van der Waals surface area contributed by atoms with Gasteiger partial charge in [-0.1, -0.05) is 5.21 Å². The Morgan fingerprint density at radius 1 is 1.53 bits per heavy atom. The molecule has 2 heterocycles. The SMILES string of the molecule is O=C1O[C@H]([C@@H](O)CO)C(O)=C1O.c1nn[nH]n1. The average Bonchev–Trinajstić information content (AvgIpc) is 2.97. The summed E-state index contributed by atoms with van der Waals surface area (Å²) in [5, 5.41) is 47.2. The van der Waals surface area contributed by atoms with E-state index in [0.717, 1.165) is 0 Å². The van der Waals surface area contributed by atoms with Gasteiger partial charge in [0.25, 0.3) is 0 Å². The van der Waals surface area contributed by atoms with E-state index >= 15 is 0 Å². The monoisotopic (exact) mass is 246 g/mol. The largest absolute Gasteiger partial charge is 0.505 e. The molecule has 0 aliphatic carbocycles. The fourth-order valence-corrected chi connectivity index (χ4v) is 0.952. The average molecular weight is 246 g/mol. The summed E-state index contributed by atoms with van der Waals surface area (Å²) in [5.74, 6) is -2.78. The smallest absolute Gasteiger partial charge is 0.377 e. The summed E-state index contributed by atoms with van der Waals surface area (Å²) in [5.41, 5.74) is 0. The Bertz CT molecular complexity index is 374. The number of carbonyl (C=O) groups excluding carboxylic acids is 1. The highest BCUT2D eigenvalue weighted by Crippen LogP contribution is 2.20. The van der Waals surface area contributed by atoms with Crippen molar-refractivity contribution in [1.82, 2.24) is 20.6 Å². The number of ether oxygens (including phenoxy) is 1. The van der Waals surface area contributed by atoms with Gasteiger partial charge in [-0.05, 0) is 0 Å². The Labute approximate surface area is 94.2 Å². The number of aromatic amines is 1. The molecule has 1 aliphatic rings.